The highest BCUT2D eigenvalue weighted by Crippen LogP contribution is 2.16. The summed E-state index contributed by atoms with van der Waals surface area (Å²) in [5, 5.41) is 10.4. The Morgan fingerprint density at radius 3 is 2.67 bits per heavy atom. The fourth-order valence-electron chi connectivity index (χ4n) is 2.55. The van der Waals surface area contributed by atoms with Crippen molar-refractivity contribution in [2.45, 2.75) is 19.4 Å². The monoisotopic (exact) mass is 385 g/mol. The van der Waals surface area contributed by atoms with Gasteiger partial charge < -0.3 is 10.1 Å². The number of ether oxygens (including phenoxy) is 1. The molecule has 0 saturated heterocycles. The molecule has 0 unspecified atom stereocenters. The lowest BCUT2D eigenvalue weighted by Gasteiger charge is -2.14. The fourth-order valence-corrected chi connectivity index (χ4v) is 2.74. The van der Waals surface area contributed by atoms with Crippen molar-refractivity contribution in [3.05, 3.63) is 69.6 Å². The van der Waals surface area contributed by atoms with Crippen LogP contribution >= 0.6 is 11.6 Å². The van der Waals surface area contributed by atoms with E-state index in [0.717, 1.165) is 0 Å². The van der Waals surface area contributed by atoms with Gasteiger partial charge in [0, 0.05) is 16.1 Å². The molecular formula is C19H16ClN3O4. The second kappa shape index (κ2) is 8.01. The molecule has 138 valence electrons. The number of H-pyrrole nitrogens is 1. The number of rotatable bonds is 5. The van der Waals surface area contributed by atoms with Gasteiger partial charge in [0.15, 0.2) is 6.10 Å². The molecule has 0 aliphatic heterocycles. The standard InChI is InChI=1S/C19H16ClN3O4/c1-11(18(25)21-13-6-4-5-12(20)9-13)27-17(24)10-16-14-7-2-3-8-15(14)19(26)23-22-16/h2-9,11H,10H2,1H3,(H,21,25)(H,23,26)/t11-/m0/s1. The molecule has 0 spiro atoms. The molecule has 8 heteroatoms. The van der Waals surface area contributed by atoms with Crippen LogP contribution in [0.15, 0.2) is 53.3 Å². The normalized spacial score (nSPS) is 11.8. The number of carbonyl (C=O) groups excluding carboxylic acids is 2. The first-order valence-electron chi connectivity index (χ1n) is 8.16. The molecule has 1 aromatic heterocycles. The zero-order chi connectivity index (χ0) is 19.4. The van der Waals surface area contributed by atoms with E-state index in [1.165, 1.54) is 6.92 Å². The zero-order valence-electron chi connectivity index (χ0n) is 14.4. The molecule has 0 saturated carbocycles. The third-order valence-electron chi connectivity index (χ3n) is 3.86. The first-order valence-corrected chi connectivity index (χ1v) is 8.54. The van der Waals surface area contributed by atoms with Crippen LogP contribution in [-0.4, -0.2) is 28.2 Å². The summed E-state index contributed by atoms with van der Waals surface area (Å²) in [4.78, 5) is 36.2. The molecule has 0 aliphatic rings. The number of fused-ring (bicyclic) bond motifs is 1. The SMILES string of the molecule is C[C@H](OC(=O)Cc1n[nH]c(=O)c2ccccc12)C(=O)Nc1cccc(Cl)c1. The molecule has 0 aliphatic carbocycles. The second-order valence-electron chi connectivity index (χ2n) is 5.85. The Morgan fingerprint density at radius 2 is 1.93 bits per heavy atom. The predicted molar refractivity (Wildman–Crippen MR) is 102 cm³/mol. The lowest BCUT2D eigenvalue weighted by atomic mass is 10.1. The van der Waals surface area contributed by atoms with Crippen molar-refractivity contribution in [1.29, 1.82) is 0 Å². The average Bonchev–Trinajstić information content (AvgIpc) is 2.64. The quantitative estimate of drug-likeness (QED) is 0.657. The Kier molecular flexibility index (Phi) is 5.52. The topological polar surface area (TPSA) is 101 Å². The molecule has 2 N–H and O–H groups in total. The molecule has 7 nitrogen and oxygen atoms in total. The highest BCUT2D eigenvalue weighted by atomic mass is 35.5. The molecule has 1 amide bonds. The van der Waals surface area contributed by atoms with Crippen molar-refractivity contribution in [2.24, 2.45) is 0 Å². The zero-order valence-corrected chi connectivity index (χ0v) is 15.1. The smallest absolute Gasteiger partial charge is 0.312 e. The van der Waals surface area contributed by atoms with Crippen molar-refractivity contribution in [3.8, 4) is 0 Å². The van der Waals surface area contributed by atoms with E-state index in [2.05, 4.69) is 15.5 Å². The van der Waals surface area contributed by atoms with E-state index in [1.807, 2.05) is 0 Å². The van der Waals surface area contributed by atoms with Crippen LogP contribution in [0.1, 0.15) is 12.6 Å². The third-order valence-corrected chi connectivity index (χ3v) is 4.09. The number of benzene rings is 2. The van der Waals surface area contributed by atoms with Gasteiger partial charge in [-0.15, -0.1) is 0 Å². The number of anilines is 1. The van der Waals surface area contributed by atoms with Crippen LogP contribution in [0.2, 0.25) is 5.02 Å². The van der Waals surface area contributed by atoms with E-state index in [1.54, 1.807) is 48.5 Å². The summed E-state index contributed by atoms with van der Waals surface area (Å²) in [5.74, 6) is -1.11. The van der Waals surface area contributed by atoms with E-state index in [4.69, 9.17) is 16.3 Å². The molecule has 0 radical (unpaired) electrons. The summed E-state index contributed by atoms with van der Waals surface area (Å²) in [5.41, 5.74) is 0.540. The molecule has 0 bridgehead atoms. The Balaban J connectivity index is 1.66. The van der Waals surface area contributed by atoms with Gasteiger partial charge in [0.2, 0.25) is 0 Å². The number of nitrogens with one attached hydrogen (secondary N) is 2. The van der Waals surface area contributed by atoms with E-state index >= 15 is 0 Å². The maximum atomic E-state index is 12.2. The summed E-state index contributed by atoms with van der Waals surface area (Å²) in [7, 11) is 0. The summed E-state index contributed by atoms with van der Waals surface area (Å²) in [6, 6.07) is 13.5. The number of aromatic nitrogens is 2. The van der Waals surface area contributed by atoms with Gasteiger partial charge in [-0.25, -0.2) is 5.10 Å². The van der Waals surface area contributed by atoms with Crippen LogP contribution in [0.4, 0.5) is 5.69 Å². The summed E-state index contributed by atoms with van der Waals surface area (Å²) < 4.78 is 5.18. The molecule has 1 atom stereocenters. The number of aromatic amines is 1. The maximum absolute atomic E-state index is 12.2. The number of amides is 1. The molecule has 3 rings (SSSR count). The molecular weight excluding hydrogens is 370 g/mol. The van der Waals surface area contributed by atoms with Gasteiger partial charge in [0.05, 0.1) is 17.5 Å². The Hall–Kier alpha value is -3.19. The van der Waals surface area contributed by atoms with E-state index in [9.17, 15) is 14.4 Å². The van der Waals surface area contributed by atoms with Gasteiger partial charge in [-0.2, -0.15) is 5.10 Å². The largest absolute Gasteiger partial charge is 0.452 e. The van der Waals surface area contributed by atoms with Gasteiger partial charge in [-0.1, -0.05) is 35.9 Å². The number of hydrogen-bond acceptors (Lipinski definition) is 5. The van der Waals surface area contributed by atoms with E-state index < -0.39 is 18.0 Å². The van der Waals surface area contributed by atoms with Gasteiger partial charge in [-0.3, -0.25) is 14.4 Å². The minimum absolute atomic E-state index is 0.175. The first-order chi connectivity index (χ1) is 12.9. The maximum Gasteiger partial charge on any atom is 0.312 e. The van der Waals surface area contributed by atoms with Crippen LogP contribution in [0.25, 0.3) is 10.8 Å². The lowest BCUT2D eigenvalue weighted by molar-refractivity contribution is -0.152. The van der Waals surface area contributed by atoms with E-state index in [0.29, 0.717) is 27.2 Å². The first kappa shape index (κ1) is 18.6. The second-order valence-corrected chi connectivity index (χ2v) is 6.29. The van der Waals surface area contributed by atoms with Crippen molar-refractivity contribution in [1.82, 2.24) is 10.2 Å². The summed E-state index contributed by atoms with van der Waals surface area (Å²) in [6.07, 6.45) is -1.18. The van der Waals surface area contributed by atoms with Crippen LogP contribution in [-0.2, 0) is 20.7 Å². The van der Waals surface area contributed by atoms with Crippen LogP contribution in [0, 0.1) is 0 Å². The van der Waals surface area contributed by atoms with Crippen molar-refractivity contribution >= 4 is 39.9 Å². The van der Waals surface area contributed by atoms with Crippen molar-refractivity contribution in [2.75, 3.05) is 5.32 Å². The van der Waals surface area contributed by atoms with Gasteiger partial charge in [-0.05, 0) is 31.2 Å². The minimum Gasteiger partial charge on any atom is -0.452 e. The van der Waals surface area contributed by atoms with Crippen LogP contribution in [0.5, 0.6) is 0 Å². The summed E-state index contributed by atoms with van der Waals surface area (Å²) in [6.45, 7) is 1.47. The Labute approximate surface area is 159 Å². The highest BCUT2D eigenvalue weighted by molar-refractivity contribution is 6.30. The van der Waals surface area contributed by atoms with Gasteiger partial charge in [0.1, 0.15) is 0 Å². The number of nitrogens with zero attached hydrogens (tertiary/aromatic N) is 1. The van der Waals surface area contributed by atoms with Crippen molar-refractivity contribution < 1.29 is 14.3 Å². The fraction of sp³-hybridized carbons (Fsp3) is 0.158. The minimum atomic E-state index is -1.01. The van der Waals surface area contributed by atoms with Crippen LogP contribution < -0.4 is 10.9 Å². The number of esters is 1. The van der Waals surface area contributed by atoms with Crippen LogP contribution in [0.3, 0.4) is 0 Å². The number of carbonyl (C=O) groups is 2. The Morgan fingerprint density at radius 1 is 1.19 bits per heavy atom. The molecule has 2 aromatic carbocycles. The molecule has 3 aromatic rings. The average molecular weight is 386 g/mol. The highest BCUT2D eigenvalue weighted by Gasteiger charge is 2.19. The molecule has 1 heterocycles. The lowest BCUT2D eigenvalue weighted by Crippen LogP contribution is -2.30. The Bertz CT molecular complexity index is 1060. The number of halogens is 1. The predicted octanol–water partition coefficient (Wildman–Crippen LogP) is 2.69. The third kappa shape index (κ3) is 4.51. The molecule has 27 heavy (non-hydrogen) atoms. The van der Waals surface area contributed by atoms with E-state index in [-0.39, 0.29) is 12.0 Å². The van der Waals surface area contributed by atoms with Gasteiger partial charge in [0.25, 0.3) is 11.5 Å². The molecule has 0 fully saturated rings. The van der Waals surface area contributed by atoms with Gasteiger partial charge >= 0.3 is 5.97 Å². The number of hydrogen-bond donors (Lipinski definition) is 2. The summed E-state index contributed by atoms with van der Waals surface area (Å²) >= 11 is 5.87. The van der Waals surface area contributed by atoms with Crippen molar-refractivity contribution in [3.63, 3.8) is 0 Å².